The SMILES string of the molecule is O=C(CCn1cnc2sccc2c1=O)N1CCN(c2cccc(C(F)(F)F)c2)CC1. The summed E-state index contributed by atoms with van der Waals surface area (Å²) in [5.41, 5.74) is -0.345. The predicted octanol–water partition coefficient (Wildman–Crippen LogP) is 3.22. The second kappa shape index (κ2) is 8.10. The highest BCUT2D eigenvalue weighted by Crippen LogP contribution is 2.31. The van der Waals surface area contributed by atoms with Gasteiger partial charge in [-0.2, -0.15) is 13.2 Å². The molecule has 1 saturated heterocycles. The second-order valence-corrected chi connectivity index (χ2v) is 7.94. The van der Waals surface area contributed by atoms with Crippen LogP contribution in [0.3, 0.4) is 0 Å². The van der Waals surface area contributed by atoms with Crippen molar-refractivity contribution in [2.24, 2.45) is 0 Å². The zero-order valence-corrected chi connectivity index (χ0v) is 16.7. The molecule has 1 aromatic carbocycles. The zero-order chi connectivity index (χ0) is 21.3. The maximum Gasteiger partial charge on any atom is 0.416 e. The summed E-state index contributed by atoms with van der Waals surface area (Å²) < 4.78 is 40.2. The summed E-state index contributed by atoms with van der Waals surface area (Å²) in [6.45, 7) is 1.99. The summed E-state index contributed by atoms with van der Waals surface area (Å²) in [7, 11) is 0. The van der Waals surface area contributed by atoms with Crippen LogP contribution in [-0.2, 0) is 17.5 Å². The minimum atomic E-state index is -4.38. The Balaban J connectivity index is 1.34. The van der Waals surface area contributed by atoms with Gasteiger partial charge in [0.25, 0.3) is 5.56 Å². The Morgan fingerprint density at radius 1 is 1.13 bits per heavy atom. The van der Waals surface area contributed by atoms with Crippen LogP contribution in [0.25, 0.3) is 10.2 Å². The van der Waals surface area contributed by atoms with Crippen LogP contribution in [0.5, 0.6) is 0 Å². The number of carbonyl (C=O) groups is 1. The number of nitrogens with zero attached hydrogens (tertiary/aromatic N) is 4. The highest BCUT2D eigenvalue weighted by atomic mass is 32.1. The van der Waals surface area contributed by atoms with Gasteiger partial charge in [-0.15, -0.1) is 11.3 Å². The third-order valence-corrected chi connectivity index (χ3v) is 6.01. The van der Waals surface area contributed by atoms with E-state index in [0.29, 0.717) is 42.1 Å². The fourth-order valence-corrected chi connectivity index (χ4v) is 4.24. The third-order valence-electron chi connectivity index (χ3n) is 5.19. The quantitative estimate of drug-likeness (QED) is 0.630. The van der Waals surface area contributed by atoms with Crippen molar-refractivity contribution in [2.45, 2.75) is 19.1 Å². The van der Waals surface area contributed by atoms with Crippen LogP contribution in [0.1, 0.15) is 12.0 Å². The van der Waals surface area contributed by atoms with Crippen LogP contribution in [0.15, 0.2) is 46.8 Å². The van der Waals surface area contributed by atoms with E-state index in [1.807, 2.05) is 4.90 Å². The molecule has 0 bridgehead atoms. The zero-order valence-electron chi connectivity index (χ0n) is 15.9. The molecule has 0 spiro atoms. The average molecular weight is 436 g/mol. The van der Waals surface area contributed by atoms with Crippen molar-refractivity contribution in [1.29, 1.82) is 0 Å². The third kappa shape index (κ3) is 4.18. The first-order valence-corrected chi connectivity index (χ1v) is 10.3. The molecule has 158 valence electrons. The maximum absolute atomic E-state index is 12.9. The number of aromatic nitrogens is 2. The number of piperazine rings is 1. The van der Waals surface area contributed by atoms with Gasteiger partial charge in [-0.3, -0.25) is 14.2 Å². The molecule has 10 heteroatoms. The number of hydrogen-bond acceptors (Lipinski definition) is 5. The molecule has 3 aromatic rings. The smallest absolute Gasteiger partial charge is 0.368 e. The Kier molecular flexibility index (Phi) is 5.50. The fourth-order valence-electron chi connectivity index (χ4n) is 3.52. The number of carbonyl (C=O) groups excluding carboxylic acids is 1. The van der Waals surface area contributed by atoms with E-state index >= 15 is 0 Å². The molecule has 3 heterocycles. The Morgan fingerprint density at radius 3 is 2.63 bits per heavy atom. The summed E-state index contributed by atoms with van der Waals surface area (Å²) >= 11 is 1.39. The molecule has 0 aliphatic carbocycles. The van der Waals surface area contributed by atoms with Crippen LogP contribution in [0.4, 0.5) is 18.9 Å². The van der Waals surface area contributed by atoms with E-state index in [2.05, 4.69) is 4.98 Å². The number of alkyl halides is 3. The molecule has 1 aliphatic rings. The molecule has 2 aromatic heterocycles. The lowest BCUT2D eigenvalue weighted by atomic mass is 10.1. The number of anilines is 1. The molecule has 0 unspecified atom stereocenters. The average Bonchev–Trinajstić information content (AvgIpc) is 3.22. The van der Waals surface area contributed by atoms with Gasteiger partial charge in [-0.25, -0.2) is 4.98 Å². The van der Waals surface area contributed by atoms with Gasteiger partial charge < -0.3 is 9.80 Å². The topological polar surface area (TPSA) is 58.4 Å². The molecule has 4 rings (SSSR count). The van der Waals surface area contributed by atoms with Crippen molar-refractivity contribution in [3.8, 4) is 0 Å². The van der Waals surface area contributed by atoms with E-state index < -0.39 is 11.7 Å². The molecule has 1 aliphatic heterocycles. The van der Waals surface area contributed by atoms with E-state index in [-0.39, 0.29) is 24.4 Å². The highest BCUT2D eigenvalue weighted by Gasteiger charge is 2.31. The van der Waals surface area contributed by atoms with Crippen molar-refractivity contribution in [3.63, 3.8) is 0 Å². The van der Waals surface area contributed by atoms with Gasteiger partial charge in [0, 0.05) is 44.8 Å². The number of rotatable bonds is 4. The van der Waals surface area contributed by atoms with Crippen LogP contribution < -0.4 is 10.5 Å². The summed E-state index contributed by atoms with van der Waals surface area (Å²) in [5, 5.41) is 2.35. The van der Waals surface area contributed by atoms with Gasteiger partial charge in [0.2, 0.25) is 5.91 Å². The van der Waals surface area contributed by atoms with E-state index in [0.717, 1.165) is 12.1 Å². The van der Waals surface area contributed by atoms with Crippen molar-refractivity contribution in [1.82, 2.24) is 14.5 Å². The molecule has 6 nitrogen and oxygen atoms in total. The maximum atomic E-state index is 12.9. The lowest BCUT2D eigenvalue weighted by molar-refractivity contribution is -0.137. The van der Waals surface area contributed by atoms with Crippen LogP contribution in [0.2, 0.25) is 0 Å². The summed E-state index contributed by atoms with van der Waals surface area (Å²) in [6, 6.07) is 6.95. The van der Waals surface area contributed by atoms with Gasteiger partial charge in [-0.05, 0) is 29.6 Å². The Hall–Kier alpha value is -2.88. The standard InChI is InChI=1S/C20H19F3N4O2S/c21-20(22,23)14-2-1-3-15(12-14)25-7-9-26(10-8-25)17(28)4-6-27-13-24-18-16(19(27)29)5-11-30-18/h1-3,5,11-13H,4,6-10H2. The largest absolute Gasteiger partial charge is 0.416 e. The number of halogens is 3. The lowest BCUT2D eigenvalue weighted by Gasteiger charge is -2.36. The number of benzene rings is 1. The summed E-state index contributed by atoms with van der Waals surface area (Å²) in [5.74, 6) is -0.0870. The second-order valence-electron chi connectivity index (χ2n) is 7.05. The molecular formula is C20H19F3N4O2S. The predicted molar refractivity (Wildman–Crippen MR) is 109 cm³/mol. The first-order valence-electron chi connectivity index (χ1n) is 9.45. The Labute approximate surface area is 174 Å². The molecule has 0 N–H and O–H groups in total. The first kappa shape index (κ1) is 20.4. The highest BCUT2D eigenvalue weighted by molar-refractivity contribution is 7.16. The number of aryl methyl sites for hydroxylation is 1. The summed E-state index contributed by atoms with van der Waals surface area (Å²) in [6.07, 6.45) is -2.76. The molecule has 1 amide bonds. The minimum absolute atomic E-state index is 0.0870. The lowest BCUT2D eigenvalue weighted by Crippen LogP contribution is -2.49. The van der Waals surface area contributed by atoms with Crippen molar-refractivity contribution >= 4 is 33.1 Å². The molecule has 0 saturated carbocycles. The van der Waals surface area contributed by atoms with Gasteiger partial charge >= 0.3 is 6.18 Å². The van der Waals surface area contributed by atoms with E-state index in [9.17, 15) is 22.8 Å². The molecular weight excluding hydrogens is 417 g/mol. The normalized spacial score (nSPS) is 15.0. The van der Waals surface area contributed by atoms with E-state index in [1.165, 1.54) is 28.3 Å². The van der Waals surface area contributed by atoms with E-state index in [4.69, 9.17) is 0 Å². The van der Waals surface area contributed by atoms with Crippen molar-refractivity contribution < 1.29 is 18.0 Å². The van der Waals surface area contributed by atoms with Crippen LogP contribution in [-0.4, -0.2) is 46.5 Å². The van der Waals surface area contributed by atoms with Crippen LogP contribution >= 0.6 is 11.3 Å². The summed E-state index contributed by atoms with van der Waals surface area (Å²) in [4.78, 5) is 33.4. The molecule has 0 radical (unpaired) electrons. The number of thiophene rings is 1. The number of fused-ring (bicyclic) bond motifs is 1. The number of amides is 1. The van der Waals surface area contributed by atoms with Gasteiger partial charge in [0.15, 0.2) is 0 Å². The van der Waals surface area contributed by atoms with Crippen molar-refractivity contribution in [3.05, 3.63) is 58.0 Å². The monoisotopic (exact) mass is 436 g/mol. The molecule has 1 fully saturated rings. The van der Waals surface area contributed by atoms with Crippen LogP contribution in [0, 0.1) is 0 Å². The Bertz CT molecular complexity index is 1120. The molecule has 0 atom stereocenters. The van der Waals surface area contributed by atoms with Gasteiger partial charge in [-0.1, -0.05) is 6.07 Å². The first-order chi connectivity index (χ1) is 14.3. The minimum Gasteiger partial charge on any atom is -0.368 e. The Morgan fingerprint density at radius 2 is 1.90 bits per heavy atom. The fraction of sp³-hybridized carbons (Fsp3) is 0.350. The van der Waals surface area contributed by atoms with Gasteiger partial charge in [0.1, 0.15) is 4.83 Å². The molecule has 30 heavy (non-hydrogen) atoms. The van der Waals surface area contributed by atoms with Crippen molar-refractivity contribution in [2.75, 3.05) is 31.1 Å². The van der Waals surface area contributed by atoms with E-state index in [1.54, 1.807) is 22.4 Å². The number of hydrogen-bond donors (Lipinski definition) is 0. The van der Waals surface area contributed by atoms with Gasteiger partial charge in [0.05, 0.1) is 17.3 Å².